The third-order valence-corrected chi connectivity index (χ3v) is 4.25. The maximum Gasteiger partial charge on any atom is 0.269 e. The first kappa shape index (κ1) is 15.3. The highest BCUT2D eigenvalue weighted by molar-refractivity contribution is 5.92. The van der Waals surface area contributed by atoms with Crippen molar-refractivity contribution in [3.63, 3.8) is 0 Å². The van der Waals surface area contributed by atoms with Crippen molar-refractivity contribution in [2.75, 3.05) is 7.05 Å². The number of aromatic amines is 1. The van der Waals surface area contributed by atoms with E-state index in [1.165, 1.54) is 6.20 Å². The summed E-state index contributed by atoms with van der Waals surface area (Å²) in [5, 5.41) is 3.01. The molecule has 23 heavy (non-hydrogen) atoms. The van der Waals surface area contributed by atoms with E-state index in [1.807, 2.05) is 17.8 Å². The molecule has 2 amide bonds. The van der Waals surface area contributed by atoms with E-state index in [-0.39, 0.29) is 23.9 Å². The number of likely N-dealkylation sites (N-methyl/N-ethyl adjacent to an activating group) is 1. The molecule has 8 nitrogen and oxygen atoms in total. The molecule has 2 aromatic heterocycles. The number of likely N-dealkylation sites (tertiary alicyclic amines) is 1. The molecule has 3 rings (SSSR count). The second-order valence-electron chi connectivity index (χ2n) is 5.85. The van der Waals surface area contributed by atoms with Crippen molar-refractivity contribution >= 4 is 11.8 Å². The fourth-order valence-electron chi connectivity index (χ4n) is 2.99. The predicted molar refractivity (Wildman–Crippen MR) is 82.5 cm³/mol. The molecule has 0 aliphatic carbocycles. The van der Waals surface area contributed by atoms with Crippen molar-refractivity contribution in [3.8, 4) is 0 Å². The molecule has 0 bridgehead atoms. The normalized spacial score (nSPS) is 21.5. The Morgan fingerprint density at radius 3 is 2.78 bits per heavy atom. The van der Waals surface area contributed by atoms with Crippen molar-refractivity contribution in [1.82, 2.24) is 29.7 Å². The van der Waals surface area contributed by atoms with Gasteiger partial charge in [-0.15, -0.1) is 0 Å². The number of nitrogens with zero attached hydrogens (tertiary/aromatic N) is 4. The average Bonchev–Trinajstić information content (AvgIpc) is 3.12. The number of nitrogens with one attached hydrogen (secondary N) is 2. The first-order valence-corrected chi connectivity index (χ1v) is 7.52. The van der Waals surface area contributed by atoms with E-state index in [4.69, 9.17) is 0 Å². The minimum absolute atomic E-state index is 0.0564. The van der Waals surface area contributed by atoms with Crippen LogP contribution in [-0.4, -0.2) is 49.3 Å². The van der Waals surface area contributed by atoms with E-state index in [0.29, 0.717) is 24.4 Å². The van der Waals surface area contributed by atoms with Crippen LogP contribution in [0, 0.1) is 6.92 Å². The fraction of sp³-hybridized carbons (Fsp3) is 0.467. The van der Waals surface area contributed by atoms with Gasteiger partial charge in [0.1, 0.15) is 23.4 Å². The Balaban J connectivity index is 1.85. The Hall–Kier alpha value is -2.64. The maximum absolute atomic E-state index is 12.4. The van der Waals surface area contributed by atoms with Gasteiger partial charge < -0.3 is 19.8 Å². The maximum atomic E-state index is 12.4. The minimum Gasteiger partial charge on any atom is -0.345 e. The summed E-state index contributed by atoms with van der Waals surface area (Å²) in [5.41, 5.74) is 0.417. The van der Waals surface area contributed by atoms with Crippen molar-refractivity contribution in [2.45, 2.75) is 31.8 Å². The second-order valence-corrected chi connectivity index (χ2v) is 5.85. The number of H-pyrrole nitrogens is 1. The number of piperidine rings is 1. The lowest BCUT2D eigenvalue weighted by molar-refractivity contribution is -0.136. The first-order chi connectivity index (χ1) is 11.0. The lowest BCUT2D eigenvalue weighted by Crippen LogP contribution is -2.51. The number of aryl methyl sites for hydroxylation is 2. The van der Waals surface area contributed by atoms with Crippen LogP contribution in [0.2, 0.25) is 0 Å². The molecule has 0 unspecified atom stereocenters. The zero-order chi connectivity index (χ0) is 16.6. The fourth-order valence-corrected chi connectivity index (χ4v) is 2.99. The molecule has 0 saturated carbocycles. The summed E-state index contributed by atoms with van der Waals surface area (Å²) in [6.45, 7) is 1.79. The summed E-state index contributed by atoms with van der Waals surface area (Å²) in [6, 6.07) is -0.487. The SMILES string of the molecule is Cc1ncc(C(=O)N[C@@H]2CCC(=O)N(C)[C@H]2c2nccn2C)[nH]1. The molecular formula is C15H20N6O2. The highest BCUT2D eigenvalue weighted by Crippen LogP contribution is 2.29. The molecule has 8 heteroatoms. The van der Waals surface area contributed by atoms with Crippen molar-refractivity contribution in [1.29, 1.82) is 0 Å². The first-order valence-electron chi connectivity index (χ1n) is 7.52. The smallest absolute Gasteiger partial charge is 0.269 e. The Kier molecular flexibility index (Phi) is 3.89. The number of hydrogen-bond donors (Lipinski definition) is 2. The van der Waals surface area contributed by atoms with Crippen LogP contribution in [0.3, 0.4) is 0 Å². The Labute approximate surface area is 133 Å². The Bertz CT molecular complexity index is 734. The Morgan fingerprint density at radius 1 is 1.39 bits per heavy atom. The van der Waals surface area contributed by atoms with E-state index in [1.54, 1.807) is 25.1 Å². The summed E-state index contributed by atoms with van der Waals surface area (Å²) in [4.78, 5) is 37.5. The van der Waals surface area contributed by atoms with Gasteiger partial charge in [0, 0.05) is 32.9 Å². The molecule has 1 aliphatic rings. The van der Waals surface area contributed by atoms with E-state index in [9.17, 15) is 9.59 Å². The molecule has 1 fully saturated rings. The molecule has 2 atom stereocenters. The summed E-state index contributed by atoms with van der Waals surface area (Å²) < 4.78 is 1.87. The molecule has 0 radical (unpaired) electrons. The lowest BCUT2D eigenvalue weighted by atomic mass is 9.95. The summed E-state index contributed by atoms with van der Waals surface area (Å²) in [7, 11) is 3.63. The lowest BCUT2D eigenvalue weighted by Gasteiger charge is -2.38. The molecule has 1 saturated heterocycles. The number of carbonyl (C=O) groups is 2. The highest BCUT2D eigenvalue weighted by atomic mass is 16.2. The number of amides is 2. The third-order valence-electron chi connectivity index (χ3n) is 4.25. The number of carbonyl (C=O) groups excluding carboxylic acids is 2. The molecule has 0 aromatic carbocycles. The number of imidazole rings is 2. The van der Waals surface area contributed by atoms with E-state index < -0.39 is 0 Å². The van der Waals surface area contributed by atoms with E-state index >= 15 is 0 Å². The van der Waals surface area contributed by atoms with Gasteiger partial charge in [-0.1, -0.05) is 0 Å². The molecule has 2 N–H and O–H groups in total. The molecule has 3 heterocycles. The van der Waals surface area contributed by atoms with Gasteiger partial charge in [0.15, 0.2) is 0 Å². The van der Waals surface area contributed by atoms with Gasteiger partial charge in [-0.3, -0.25) is 9.59 Å². The van der Waals surface area contributed by atoms with Crippen molar-refractivity contribution in [2.24, 2.45) is 7.05 Å². The van der Waals surface area contributed by atoms with E-state index in [0.717, 1.165) is 5.82 Å². The van der Waals surface area contributed by atoms with Crippen LogP contribution in [-0.2, 0) is 11.8 Å². The Morgan fingerprint density at radius 2 is 2.17 bits per heavy atom. The molecule has 0 spiro atoms. The third kappa shape index (κ3) is 2.84. The van der Waals surface area contributed by atoms with Crippen LogP contribution in [0.15, 0.2) is 18.6 Å². The van der Waals surface area contributed by atoms with Gasteiger partial charge in [0.2, 0.25) is 5.91 Å². The summed E-state index contributed by atoms with van der Waals surface area (Å²) in [5.74, 6) is 1.27. The van der Waals surface area contributed by atoms with Crippen LogP contribution in [0.4, 0.5) is 0 Å². The van der Waals surface area contributed by atoms with Gasteiger partial charge in [-0.25, -0.2) is 9.97 Å². The highest BCUT2D eigenvalue weighted by Gasteiger charge is 2.38. The van der Waals surface area contributed by atoms with Crippen LogP contribution in [0.1, 0.15) is 41.0 Å². The largest absolute Gasteiger partial charge is 0.345 e. The average molecular weight is 316 g/mol. The molecule has 2 aromatic rings. The predicted octanol–water partition coefficient (Wildman–Crippen LogP) is 0.544. The topological polar surface area (TPSA) is 95.9 Å². The monoisotopic (exact) mass is 316 g/mol. The van der Waals surface area contributed by atoms with Gasteiger partial charge in [0.05, 0.1) is 12.2 Å². The van der Waals surface area contributed by atoms with Crippen LogP contribution in [0.5, 0.6) is 0 Å². The van der Waals surface area contributed by atoms with Gasteiger partial charge in [-0.2, -0.15) is 0 Å². The van der Waals surface area contributed by atoms with Gasteiger partial charge in [-0.05, 0) is 13.3 Å². The summed E-state index contributed by atoms with van der Waals surface area (Å²) in [6.07, 6.45) is 6.03. The van der Waals surface area contributed by atoms with Gasteiger partial charge >= 0.3 is 0 Å². The number of hydrogen-bond acceptors (Lipinski definition) is 4. The molecule has 1 aliphatic heterocycles. The number of rotatable bonds is 3. The van der Waals surface area contributed by atoms with Crippen LogP contribution >= 0.6 is 0 Å². The van der Waals surface area contributed by atoms with E-state index in [2.05, 4.69) is 20.3 Å². The molecule has 122 valence electrons. The van der Waals surface area contributed by atoms with Crippen LogP contribution < -0.4 is 5.32 Å². The van der Waals surface area contributed by atoms with Crippen molar-refractivity contribution in [3.05, 3.63) is 35.9 Å². The second kappa shape index (κ2) is 5.86. The zero-order valence-electron chi connectivity index (χ0n) is 13.4. The van der Waals surface area contributed by atoms with Crippen molar-refractivity contribution < 1.29 is 9.59 Å². The standard InChI is InChI=1S/C15H20N6O2/c1-9-17-8-11(18-9)15(23)19-10-4-5-12(22)21(3)13(10)14-16-6-7-20(14)2/h6-8,10,13H,4-5H2,1-3H3,(H,17,18)(H,19,23)/t10-,13-/m1/s1. The summed E-state index contributed by atoms with van der Waals surface area (Å²) >= 11 is 0. The number of aromatic nitrogens is 4. The van der Waals surface area contributed by atoms with Crippen LogP contribution in [0.25, 0.3) is 0 Å². The molecular weight excluding hydrogens is 296 g/mol. The van der Waals surface area contributed by atoms with Gasteiger partial charge in [0.25, 0.3) is 5.91 Å². The zero-order valence-corrected chi connectivity index (χ0v) is 13.4. The minimum atomic E-state index is -0.288. The quantitative estimate of drug-likeness (QED) is 0.864.